The fraction of sp³-hybridized carbons (Fsp3) is 0.537. The van der Waals surface area contributed by atoms with Crippen LogP contribution >= 0.6 is 0 Å². The number of rotatable bonds is 49. The first kappa shape index (κ1) is 67.8. The van der Waals surface area contributed by atoms with Crippen molar-refractivity contribution >= 4 is 17.9 Å². The quantitative estimate of drug-likeness (QED) is 0.0261. The van der Waals surface area contributed by atoms with Gasteiger partial charge < -0.3 is 14.2 Å². The number of hydrogen-bond donors (Lipinski definition) is 0. The molecule has 0 aromatic rings. The van der Waals surface area contributed by atoms with Crippen molar-refractivity contribution in [2.24, 2.45) is 0 Å². The van der Waals surface area contributed by atoms with Crippen LogP contribution < -0.4 is 0 Å². The van der Waals surface area contributed by atoms with Gasteiger partial charge in [0.25, 0.3) is 0 Å². The van der Waals surface area contributed by atoms with Crippen molar-refractivity contribution in [2.75, 3.05) is 13.2 Å². The first-order valence-corrected chi connectivity index (χ1v) is 28.6. The summed E-state index contributed by atoms with van der Waals surface area (Å²) >= 11 is 0. The zero-order valence-corrected chi connectivity index (χ0v) is 46.3. The van der Waals surface area contributed by atoms with Gasteiger partial charge in [-0.3, -0.25) is 14.4 Å². The molecule has 0 rings (SSSR count). The molecule has 0 bridgehead atoms. The van der Waals surface area contributed by atoms with Gasteiger partial charge >= 0.3 is 17.9 Å². The molecular weight excluding hydrogens is 901 g/mol. The minimum Gasteiger partial charge on any atom is -0.462 e. The van der Waals surface area contributed by atoms with E-state index in [2.05, 4.69) is 191 Å². The van der Waals surface area contributed by atoms with Crippen LogP contribution in [-0.2, 0) is 28.6 Å². The summed E-state index contributed by atoms with van der Waals surface area (Å²) in [6.07, 6.45) is 87.7. The van der Waals surface area contributed by atoms with E-state index in [-0.39, 0.29) is 37.5 Å². The van der Waals surface area contributed by atoms with E-state index in [1.165, 1.54) is 0 Å². The predicted octanol–water partition coefficient (Wildman–Crippen LogP) is 19.5. The molecule has 0 heterocycles. The maximum absolute atomic E-state index is 12.8. The first-order valence-electron chi connectivity index (χ1n) is 28.6. The molecule has 0 aliphatic carbocycles. The van der Waals surface area contributed by atoms with E-state index in [9.17, 15) is 14.4 Å². The van der Waals surface area contributed by atoms with Gasteiger partial charge in [0.1, 0.15) is 13.2 Å². The molecule has 0 saturated heterocycles. The molecule has 0 spiro atoms. The fourth-order valence-corrected chi connectivity index (χ4v) is 7.01. The van der Waals surface area contributed by atoms with Crippen LogP contribution in [0.15, 0.2) is 170 Å². The van der Waals surface area contributed by atoms with Gasteiger partial charge in [-0.1, -0.05) is 217 Å². The Morgan fingerprint density at radius 3 is 0.767 bits per heavy atom. The highest BCUT2D eigenvalue weighted by Crippen LogP contribution is 2.12. The van der Waals surface area contributed by atoms with Gasteiger partial charge in [-0.25, -0.2) is 0 Å². The SMILES string of the molecule is CC/C=C\C/C=C\C/C=C\C/C=C\C/C=C\C/C=C\C/C=C\CCCCCC(=O)OCC(COC(=O)CCCCC/C=C\C/C=C\C/C=C\CC)OC(=O)CCCCCC/C=C\C/C=C\C/C=C\C/C=C\CC. The van der Waals surface area contributed by atoms with Crippen LogP contribution in [0.5, 0.6) is 0 Å². The van der Waals surface area contributed by atoms with Crippen LogP contribution in [-0.4, -0.2) is 37.2 Å². The fourth-order valence-electron chi connectivity index (χ4n) is 7.01. The molecule has 0 amide bonds. The van der Waals surface area contributed by atoms with Crippen LogP contribution in [0.4, 0.5) is 0 Å². The largest absolute Gasteiger partial charge is 0.462 e. The Kier molecular flexibility index (Phi) is 55.1. The summed E-state index contributed by atoms with van der Waals surface area (Å²) in [6, 6.07) is 0. The maximum atomic E-state index is 12.8. The monoisotopic (exact) mass is 1000 g/mol. The summed E-state index contributed by atoms with van der Waals surface area (Å²) < 4.78 is 16.8. The molecule has 6 heteroatoms. The molecule has 0 aliphatic rings. The molecule has 406 valence electrons. The van der Waals surface area contributed by atoms with E-state index in [0.29, 0.717) is 12.8 Å². The smallest absolute Gasteiger partial charge is 0.306 e. The Balaban J connectivity index is 4.52. The van der Waals surface area contributed by atoms with Gasteiger partial charge in [0.2, 0.25) is 0 Å². The van der Waals surface area contributed by atoms with Gasteiger partial charge in [0, 0.05) is 19.3 Å². The standard InChI is InChI=1S/C67H102O6/c1-4-7-10-13-16-19-22-25-27-29-30-31-32-33-34-35-36-38-39-42-45-48-51-54-57-60-66(69)72-63-64(62-71-65(68)59-56-53-50-47-44-41-24-21-18-15-12-9-6-3)73-67(70)61-58-55-52-49-46-43-40-37-28-26-23-20-17-14-11-8-5-2/h7-12,16-21,25-28,30-31,33-34,36,38,40-45,64H,4-6,13-15,22-24,29,32,35,37,39,46-63H2,1-3H3/b10-7-,11-8-,12-9-,19-16-,20-17-,21-18-,27-25-,28-26-,31-30-,34-33-,38-36-,43-40-,44-41-,45-42-. The predicted molar refractivity (Wildman–Crippen MR) is 315 cm³/mol. The second-order valence-corrected chi connectivity index (χ2v) is 18.0. The van der Waals surface area contributed by atoms with Crippen molar-refractivity contribution in [1.82, 2.24) is 0 Å². The third-order valence-corrected chi connectivity index (χ3v) is 11.2. The first-order chi connectivity index (χ1) is 36.0. The van der Waals surface area contributed by atoms with E-state index in [1.54, 1.807) is 0 Å². The molecule has 0 aromatic carbocycles. The average molecular weight is 1000 g/mol. The van der Waals surface area contributed by atoms with Gasteiger partial charge in [0.15, 0.2) is 6.10 Å². The molecular formula is C67H102O6. The number of carbonyl (C=O) groups excluding carboxylic acids is 3. The second-order valence-electron chi connectivity index (χ2n) is 18.0. The molecule has 0 saturated carbocycles. The Morgan fingerprint density at radius 1 is 0.274 bits per heavy atom. The lowest BCUT2D eigenvalue weighted by molar-refractivity contribution is -0.167. The lowest BCUT2D eigenvalue weighted by atomic mass is 10.1. The highest BCUT2D eigenvalue weighted by atomic mass is 16.6. The average Bonchev–Trinajstić information content (AvgIpc) is 3.39. The van der Waals surface area contributed by atoms with E-state index in [0.717, 1.165) is 173 Å². The highest BCUT2D eigenvalue weighted by Gasteiger charge is 2.19. The van der Waals surface area contributed by atoms with E-state index >= 15 is 0 Å². The molecule has 1 unspecified atom stereocenters. The van der Waals surface area contributed by atoms with Crippen LogP contribution in [0, 0.1) is 0 Å². The summed E-state index contributed by atoms with van der Waals surface area (Å²) in [6.45, 7) is 6.20. The van der Waals surface area contributed by atoms with E-state index in [1.807, 2.05) is 0 Å². The number of unbranched alkanes of at least 4 members (excludes halogenated alkanes) is 10. The molecule has 0 fully saturated rings. The molecule has 0 radical (unpaired) electrons. The summed E-state index contributed by atoms with van der Waals surface area (Å²) in [5.41, 5.74) is 0. The number of carbonyl (C=O) groups is 3. The Hall–Kier alpha value is -5.23. The van der Waals surface area contributed by atoms with Crippen LogP contribution in [0.3, 0.4) is 0 Å². The van der Waals surface area contributed by atoms with Gasteiger partial charge in [-0.05, 0) is 148 Å². The van der Waals surface area contributed by atoms with Crippen molar-refractivity contribution < 1.29 is 28.6 Å². The van der Waals surface area contributed by atoms with Crippen molar-refractivity contribution in [3.8, 4) is 0 Å². The van der Waals surface area contributed by atoms with E-state index < -0.39 is 6.10 Å². The lowest BCUT2D eigenvalue weighted by Gasteiger charge is -2.18. The highest BCUT2D eigenvalue weighted by molar-refractivity contribution is 5.71. The summed E-state index contributed by atoms with van der Waals surface area (Å²) in [5.74, 6) is -1.02. The summed E-state index contributed by atoms with van der Waals surface area (Å²) in [5, 5.41) is 0. The van der Waals surface area contributed by atoms with E-state index in [4.69, 9.17) is 14.2 Å². The van der Waals surface area contributed by atoms with Gasteiger partial charge in [-0.2, -0.15) is 0 Å². The number of esters is 3. The van der Waals surface area contributed by atoms with Crippen LogP contribution in [0.1, 0.15) is 213 Å². The number of hydrogen-bond acceptors (Lipinski definition) is 6. The Labute approximate surface area is 447 Å². The molecule has 0 aliphatic heterocycles. The third kappa shape index (κ3) is 57.5. The normalized spacial score (nSPS) is 13.4. The minimum atomic E-state index is -0.827. The second kappa shape index (κ2) is 59.3. The zero-order chi connectivity index (χ0) is 52.9. The Morgan fingerprint density at radius 2 is 0.493 bits per heavy atom. The third-order valence-electron chi connectivity index (χ3n) is 11.2. The van der Waals surface area contributed by atoms with Crippen LogP contribution in [0.2, 0.25) is 0 Å². The van der Waals surface area contributed by atoms with Gasteiger partial charge in [-0.15, -0.1) is 0 Å². The van der Waals surface area contributed by atoms with Crippen molar-refractivity contribution in [1.29, 1.82) is 0 Å². The zero-order valence-electron chi connectivity index (χ0n) is 46.3. The molecule has 1 atom stereocenters. The summed E-state index contributed by atoms with van der Waals surface area (Å²) in [4.78, 5) is 38.1. The lowest BCUT2D eigenvalue weighted by Crippen LogP contribution is -2.30. The minimum absolute atomic E-state index is 0.123. The molecule has 6 nitrogen and oxygen atoms in total. The van der Waals surface area contributed by atoms with Crippen molar-refractivity contribution in [3.63, 3.8) is 0 Å². The molecule has 0 aromatic heterocycles. The van der Waals surface area contributed by atoms with Crippen molar-refractivity contribution in [3.05, 3.63) is 170 Å². The maximum Gasteiger partial charge on any atom is 0.306 e. The van der Waals surface area contributed by atoms with Gasteiger partial charge in [0.05, 0.1) is 0 Å². The molecule has 73 heavy (non-hydrogen) atoms. The topological polar surface area (TPSA) is 78.9 Å². The van der Waals surface area contributed by atoms with Crippen molar-refractivity contribution in [2.45, 2.75) is 219 Å². The number of allylic oxidation sites excluding steroid dienone is 28. The Bertz CT molecular complexity index is 1720. The van der Waals surface area contributed by atoms with Crippen LogP contribution in [0.25, 0.3) is 0 Å². The molecule has 0 N–H and O–H groups in total. The summed E-state index contributed by atoms with van der Waals surface area (Å²) in [7, 11) is 0. The number of ether oxygens (including phenoxy) is 3.